The Balaban J connectivity index is 1.54. The van der Waals surface area contributed by atoms with Gasteiger partial charge in [-0.25, -0.2) is 0 Å². The lowest BCUT2D eigenvalue weighted by atomic mass is 10.1. The van der Waals surface area contributed by atoms with E-state index in [4.69, 9.17) is 11.6 Å². The molecule has 0 radical (unpaired) electrons. The lowest BCUT2D eigenvalue weighted by molar-refractivity contribution is -0.124. The molecule has 1 aliphatic rings. The molecule has 24 heavy (non-hydrogen) atoms. The lowest BCUT2D eigenvalue weighted by Gasteiger charge is -2.23. The number of thiophene rings is 1. The SMILES string of the molecule is O=C(NCCc1ccc(Cl)cc1)[C@@H]1CCCN1C(=O)c1cccs1. The maximum Gasteiger partial charge on any atom is 0.264 e. The molecule has 4 nitrogen and oxygen atoms in total. The molecule has 1 saturated heterocycles. The van der Waals surface area contributed by atoms with E-state index in [-0.39, 0.29) is 17.9 Å². The zero-order chi connectivity index (χ0) is 16.9. The van der Waals surface area contributed by atoms with Crippen LogP contribution in [0.15, 0.2) is 41.8 Å². The van der Waals surface area contributed by atoms with Gasteiger partial charge in [-0.1, -0.05) is 29.8 Å². The fourth-order valence-electron chi connectivity index (χ4n) is 2.92. The van der Waals surface area contributed by atoms with Gasteiger partial charge in [0.15, 0.2) is 0 Å². The van der Waals surface area contributed by atoms with Gasteiger partial charge in [-0.3, -0.25) is 9.59 Å². The largest absolute Gasteiger partial charge is 0.354 e. The highest BCUT2D eigenvalue weighted by molar-refractivity contribution is 7.12. The number of rotatable bonds is 5. The monoisotopic (exact) mass is 362 g/mol. The molecule has 3 rings (SSSR count). The third kappa shape index (κ3) is 3.97. The number of likely N-dealkylation sites (tertiary alicyclic amines) is 1. The maximum atomic E-state index is 12.5. The highest BCUT2D eigenvalue weighted by Crippen LogP contribution is 2.22. The minimum absolute atomic E-state index is 0.0413. The Hall–Kier alpha value is -1.85. The van der Waals surface area contributed by atoms with E-state index in [1.807, 2.05) is 35.7 Å². The Morgan fingerprint density at radius 2 is 2.04 bits per heavy atom. The Kier molecular flexibility index (Phi) is 5.53. The lowest BCUT2D eigenvalue weighted by Crippen LogP contribution is -2.46. The second kappa shape index (κ2) is 7.81. The van der Waals surface area contributed by atoms with Crippen molar-refractivity contribution in [1.82, 2.24) is 10.2 Å². The highest BCUT2D eigenvalue weighted by atomic mass is 35.5. The molecule has 126 valence electrons. The Morgan fingerprint density at radius 1 is 1.25 bits per heavy atom. The summed E-state index contributed by atoms with van der Waals surface area (Å²) in [5, 5.41) is 5.54. The molecule has 2 aromatic rings. The van der Waals surface area contributed by atoms with Crippen LogP contribution in [0, 0.1) is 0 Å². The van der Waals surface area contributed by atoms with Gasteiger partial charge in [0.05, 0.1) is 4.88 Å². The smallest absolute Gasteiger partial charge is 0.264 e. The molecule has 0 aliphatic carbocycles. The van der Waals surface area contributed by atoms with E-state index in [2.05, 4.69) is 5.32 Å². The first-order valence-corrected chi connectivity index (χ1v) is 9.27. The van der Waals surface area contributed by atoms with E-state index in [9.17, 15) is 9.59 Å². The molecule has 1 aliphatic heterocycles. The first kappa shape index (κ1) is 17.0. The number of amides is 2. The molecule has 1 aromatic carbocycles. The maximum absolute atomic E-state index is 12.5. The van der Waals surface area contributed by atoms with E-state index in [0.29, 0.717) is 23.0 Å². The molecule has 0 spiro atoms. The standard InChI is InChI=1S/C18H19ClN2O2S/c19-14-7-5-13(6-8-14)9-10-20-17(22)15-3-1-11-21(15)18(23)16-4-2-12-24-16/h2,4-8,12,15H,1,3,9-11H2,(H,20,22)/t15-/m0/s1. The van der Waals surface area contributed by atoms with Crippen molar-refractivity contribution < 1.29 is 9.59 Å². The number of carbonyl (C=O) groups excluding carboxylic acids is 2. The van der Waals surface area contributed by atoms with Crippen LogP contribution < -0.4 is 5.32 Å². The first-order valence-electron chi connectivity index (χ1n) is 8.02. The van der Waals surface area contributed by atoms with Crippen molar-refractivity contribution in [3.63, 3.8) is 0 Å². The molecule has 6 heteroatoms. The number of halogens is 1. The summed E-state index contributed by atoms with van der Waals surface area (Å²) in [6.45, 7) is 1.20. The molecule has 1 aromatic heterocycles. The molecular formula is C18H19ClN2O2S. The van der Waals surface area contributed by atoms with Crippen molar-refractivity contribution in [1.29, 1.82) is 0 Å². The van der Waals surface area contributed by atoms with E-state index in [0.717, 1.165) is 24.8 Å². The number of benzene rings is 1. The molecule has 2 heterocycles. The van der Waals surface area contributed by atoms with Crippen LogP contribution in [0.2, 0.25) is 5.02 Å². The fraction of sp³-hybridized carbons (Fsp3) is 0.333. The van der Waals surface area contributed by atoms with Gasteiger partial charge in [-0.15, -0.1) is 11.3 Å². The van der Waals surface area contributed by atoms with Crippen LogP contribution in [0.3, 0.4) is 0 Å². The average Bonchev–Trinajstić information content (AvgIpc) is 3.27. The zero-order valence-electron chi connectivity index (χ0n) is 13.2. The summed E-state index contributed by atoms with van der Waals surface area (Å²) in [4.78, 5) is 27.3. The molecule has 1 fully saturated rings. The van der Waals surface area contributed by atoms with Crippen molar-refractivity contribution in [3.8, 4) is 0 Å². The van der Waals surface area contributed by atoms with Gasteiger partial charge < -0.3 is 10.2 Å². The van der Waals surface area contributed by atoms with E-state index in [1.165, 1.54) is 11.3 Å². The summed E-state index contributed by atoms with van der Waals surface area (Å²) >= 11 is 7.28. The molecule has 1 N–H and O–H groups in total. The molecule has 2 amide bonds. The highest BCUT2D eigenvalue weighted by Gasteiger charge is 2.34. The molecule has 0 unspecified atom stereocenters. The molecule has 1 atom stereocenters. The van der Waals surface area contributed by atoms with Crippen LogP contribution in [-0.4, -0.2) is 35.8 Å². The minimum atomic E-state index is -0.357. The van der Waals surface area contributed by atoms with Crippen LogP contribution in [0.1, 0.15) is 28.1 Å². The summed E-state index contributed by atoms with van der Waals surface area (Å²) in [6, 6.07) is 10.9. The normalized spacial score (nSPS) is 17.0. The van der Waals surface area contributed by atoms with Crippen molar-refractivity contribution in [2.24, 2.45) is 0 Å². The van der Waals surface area contributed by atoms with Gasteiger partial charge in [0.25, 0.3) is 5.91 Å². The Labute approximate surface area is 150 Å². The number of nitrogens with zero attached hydrogens (tertiary/aromatic N) is 1. The van der Waals surface area contributed by atoms with Gasteiger partial charge in [0.1, 0.15) is 6.04 Å². The van der Waals surface area contributed by atoms with Gasteiger partial charge in [0, 0.05) is 18.1 Å². The third-order valence-electron chi connectivity index (χ3n) is 4.17. The summed E-state index contributed by atoms with van der Waals surface area (Å²) in [7, 11) is 0. The Bertz CT molecular complexity index is 700. The topological polar surface area (TPSA) is 49.4 Å². The molecular weight excluding hydrogens is 344 g/mol. The summed E-state index contributed by atoms with van der Waals surface area (Å²) in [6.07, 6.45) is 2.34. The summed E-state index contributed by atoms with van der Waals surface area (Å²) in [5.74, 6) is -0.105. The molecule has 0 saturated carbocycles. The van der Waals surface area contributed by atoms with Gasteiger partial charge in [-0.05, 0) is 48.4 Å². The zero-order valence-corrected chi connectivity index (χ0v) is 14.8. The number of hydrogen-bond donors (Lipinski definition) is 1. The van der Waals surface area contributed by atoms with Gasteiger partial charge in [0.2, 0.25) is 5.91 Å². The van der Waals surface area contributed by atoms with Crippen LogP contribution in [0.25, 0.3) is 0 Å². The Morgan fingerprint density at radius 3 is 2.75 bits per heavy atom. The van der Waals surface area contributed by atoms with Crippen molar-refractivity contribution in [2.45, 2.75) is 25.3 Å². The predicted octanol–water partition coefficient (Wildman–Crippen LogP) is 3.37. The predicted molar refractivity (Wildman–Crippen MR) is 96.5 cm³/mol. The number of nitrogens with one attached hydrogen (secondary N) is 1. The van der Waals surface area contributed by atoms with Gasteiger partial charge >= 0.3 is 0 Å². The number of carbonyl (C=O) groups is 2. The van der Waals surface area contributed by atoms with Crippen LogP contribution >= 0.6 is 22.9 Å². The van der Waals surface area contributed by atoms with Crippen LogP contribution in [0.5, 0.6) is 0 Å². The quantitative estimate of drug-likeness (QED) is 0.886. The summed E-state index contributed by atoms with van der Waals surface area (Å²) < 4.78 is 0. The second-order valence-electron chi connectivity index (χ2n) is 5.80. The van der Waals surface area contributed by atoms with Gasteiger partial charge in [-0.2, -0.15) is 0 Å². The average molecular weight is 363 g/mol. The van der Waals surface area contributed by atoms with E-state index < -0.39 is 0 Å². The van der Waals surface area contributed by atoms with E-state index in [1.54, 1.807) is 11.0 Å². The number of hydrogen-bond acceptors (Lipinski definition) is 3. The summed E-state index contributed by atoms with van der Waals surface area (Å²) in [5.41, 5.74) is 1.12. The third-order valence-corrected chi connectivity index (χ3v) is 5.28. The van der Waals surface area contributed by atoms with Crippen molar-refractivity contribution in [2.75, 3.05) is 13.1 Å². The fourth-order valence-corrected chi connectivity index (χ4v) is 3.73. The van der Waals surface area contributed by atoms with Crippen molar-refractivity contribution >= 4 is 34.8 Å². The van der Waals surface area contributed by atoms with E-state index >= 15 is 0 Å². The minimum Gasteiger partial charge on any atom is -0.354 e. The first-order chi connectivity index (χ1) is 11.6. The van der Waals surface area contributed by atoms with Crippen LogP contribution in [0.4, 0.5) is 0 Å². The van der Waals surface area contributed by atoms with Crippen molar-refractivity contribution in [3.05, 3.63) is 57.2 Å². The molecule has 0 bridgehead atoms. The second-order valence-corrected chi connectivity index (χ2v) is 7.19. The van der Waals surface area contributed by atoms with Crippen LogP contribution in [-0.2, 0) is 11.2 Å².